The van der Waals surface area contributed by atoms with Crippen LogP contribution in [0.5, 0.6) is 0 Å². The fourth-order valence-electron chi connectivity index (χ4n) is 2.80. The number of ether oxygens (including phenoxy) is 1. The van der Waals surface area contributed by atoms with Gasteiger partial charge in [-0.1, -0.05) is 30.3 Å². The fourth-order valence-corrected chi connectivity index (χ4v) is 2.80. The molecule has 3 heterocycles. The van der Waals surface area contributed by atoms with Crippen LogP contribution in [0.1, 0.15) is 5.56 Å². The minimum Gasteiger partial charge on any atom is -0.383 e. The number of hydrogen-bond acceptors (Lipinski definition) is 5. The number of hydrogen-bond donors (Lipinski definition) is 1. The SMILES string of the molecule is COCCNc1ccc2ncc(-c3cnn(Cc4ccccc4)c3)n2n1. The molecule has 0 radical (unpaired) electrons. The largest absolute Gasteiger partial charge is 0.383 e. The third-order valence-electron chi connectivity index (χ3n) is 4.09. The van der Waals surface area contributed by atoms with Gasteiger partial charge in [-0.25, -0.2) is 9.50 Å². The maximum Gasteiger partial charge on any atom is 0.154 e. The summed E-state index contributed by atoms with van der Waals surface area (Å²) in [7, 11) is 1.68. The van der Waals surface area contributed by atoms with Gasteiger partial charge in [0.05, 0.1) is 31.2 Å². The third-order valence-corrected chi connectivity index (χ3v) is 4.09. The molecule has 0 fully saturated rings. The van der Waals surface area contributed by atoms with Crippen LogP contribution in [-0.4, -0.2) is 44.6 Å². The maximum atomic E-state index is 5.06. The van der Waals surface area contributed by atoms with Crippen molar-refractivity contribution in [3.8, 4) is 11.3 Å². The van der Waals surface area contributed by atoms with E-state index in [2.05, 4.69) is 32.6 Å². The Morgan fingerprint density at radius 3 is 2.81 bits per heavy atom. The first-order valence-electron chi connectivity index (χ1n) is 8.48. The molecular formula is C19H20N6O. The second-order valence-corrected chi connectivity index (χ2v) is 5.96. The Bertz CT molecular complexity index is 992. The van der Waals surface area contributed by atoms with Crippen LogP contribution in [0, 0.1) is 0 Å². The van der Waals surface area contributed by atoms with Crippen LogP contribution in [0.2, 0.25) is 0 Å². The van der Waals surface area contributed by atoms with E-state index in [0.29, 0.717) is 13.2 Å². The highest BCUT2D eigenvalue weighted by atomic mass is 16.5. The van der Waals surface area contributed by atoms with Crippen LogP contribution in [-0.2, 0) is 11.3 Å². The summed E-state index contributed by atoms with van der Waals surface area (Å²) < 4.78 is 8.81. The van der Waals surface area contributed by atoms with Gasteiger partial charge in [-0.2, -0.15) is 5.10 Å². The van der Waals surface area contributed by atoms with Crippen molar-refractivity contribution in [1.82, 2.24) is 24.4 Å². The first-order chi connectivity index (χ1) is 12.8. The predicted molar refractivity (Wildman–Crippen MR) is 100 cm³/mol. The van der Waals surface area contributed by atoms with E-state index in [1.54, 1.807) is 7.11 Å². The second-order valence-electron chi connectivity index (χ2n) is 5.96. The van der Waals surface area contributed by atoms with Crippen molar-refractivity contribution in [3.63, 3.8) is 0 Å². The van der Waals surface area contributed by atoms with Crippen molar-refractivity contribution < 1.29 is 4.74 Å². The lowest BCUT2D eigenvalue weighted by molar-refractivity contribution is 0.210. The molecular weight excluding hydrogens is 328 g/mol. The van der Waals surface area contributed by atoms with Crippen molar-refractivity contribution >= 4 is 11.5 Å². The summed E-state index contributed by atoms with van der Waals surface area (Å²) in [6.07, 6.45) is 5.69. The van der Waals surface area contributed by atoms with Gasteiger partial charge in [0.1, 0.15) is 5.82 Å². The molecule has 0 unspecified atom stereocenters. The summed E-state index contributed by atoms with van der Waals surface area (Å²) in [5.74, 6) is 0.783. The zero-order valence-corrected chi connectivity index (χ0v) is 14.5. The number of nitrogens with one attached hydrogen (secondary N) is 1. The van der Waals surface area contributed by atoms with Crippen LogP contribution < -0.4 is 5.32 Å². The zero-order chi connectivity index (χ0) is 17.8. The van der Waals surface area contributed by atoms with E-state index in [9.17, 15) is 0 Å². The number of benzene rings is 1. The molecule has 0 spiro atoms. The van der Waals surface area contributed by atoms with Crippen molar-refractivity contribution in [3.05, 3.63) is 66.6 Å². The normalized spacial score (nSPS) is 11.1. The number of rotatable bonds is 7. The Hall–Kier alpha value is -3.19. The Balaban J connectivity index is 1.59. The van der Waals surface area contributed by atoms with Gasteiger partial charge in [-0.3, -0.25) is 4.68 Å². The number of nitrogens with zero attached hydrogens (tertiary/aromatic N) is 5. The van der Waals surface area contributed by atoms with Gasteiger partial charge < -0.3 is 10.1 Å². The molecule has 0 saturated heterocycles. The summed E-state index contributed by atoms with van der Waals surface area (Å²) in [4.78, 5) is 4.44. The molecule has 3 aromatic heterocycles. The average Bonchev–Trinajstić information content (AvgIpc) is 3.29. The van der Waals surface area contributed by atoms with Gasteiger partial charge >= 0.3 is 0 Å². The van der Waals surface area contributed by atoms with E-state index in [-0.39, 0.29) is 0 Å². The number of imidazole rings is 1. The maximum absolute atomic E-state index is 5.06. The molecule has 0 aliphatic rings. The highest BCUT2D eigenvalue weighted by molar-refractivity contribution is 5.62. The van der Waals surface area contributed by atoms with Crippen molar-refractivity contribution in [2.75, 3.05) is 25.6 Å². The van der Waals surface area contributed by atoms with Crippen LogP contribution in [0.15, 0.2) is 61.1 Å². The lowest BCUT2D eigenvalue weighted by atomic mass is 10.2. The third kappa shape index (κ3) is 3.43. The Labute approximate surface area is 151 Å². The molecule has 0 atom stereocenters. The molecule has 132 valence electrons. The number of fused-ring (bicyclic) bond motifs is 1. The van der Waals surface area contributed by atoms with E-state index < -0.39 is 0 Å². The van der Waals surface area contributed by atoms with Crippen LogP contribution in [0.25, 0.3) is 16.9 Å². The van der Waals surface area contributed by atoms with Crippen LogP contribution in [0.4, 0.5) is 5.82 Å². The molecule has 1 aromatic carbocycles. The number of aromatic nitrogens is 5. The quantitative estimate of drug-likeness (QED) is 0.520. The highest BCUT2D eigenvalue weighted by Gasteiger charge is 2.10. The Morgan fingerprint density at radius 1 is 1.08 bits per heavy atom. The molecule has 0 aliphatic carbocycles. The summed E-state index contributed by atoms with van der Waals surface area (Å²) >= 11 is 0. The molecule has 0 amide bonds. The molecule has 4 rings (SSSR count). The van der Waals surface area contributed by atoms with Gasteiger partial charge in [0.2, 0.25) is 0 Å². The summed E-state index contributed by atoms with van der Waals surface area (Å²) in [5.41, 5.74) is 3.90. The van der Waals surface area contributed by atoms with Gasteiger partial charge in [-0.15, -0.1) is 5.10 Å². The smallest absolute Gasteiger partial charge is 0.154 e. The first kappa shape index (κ1) is 16.3. The van der Waals surface area contributed by atoms with E-state index in [1.807, 2.05) is 58.1 Å². The van der Waals surface area contributed by atoms with E-state index in [4.69, 9.17) is 4.74 Å². The Morgan fingerprint density at radius 2 is 1.96 bits per heavy atom. The van der Waals surface area contributed by atoms with Gasteiger partial charge in [0.15, 0.2) is 5.65 Å². The lowest BCUT2D eigenvalue weighted by Crippen LogP contribution is -2.10. The summed E-state index contributed by atoms with van der Waals surface area (Å²) in [6.45, 7) is 2.06. The van der Waals surface area contributed by atoms with Crippen molar-refractivity contribution in [1.29, 1.82) is 0 Å². The minimum absolute atomic E-state index is 0.628. The highest BCUT2D eigenvalue weighted by Crippen LogP contribution is 2.20. The van der Waals surface area contributed by atoms with Gasteiger partial charge in [0, 0.05) is 25.4 Å². The van der Waals surface area contributed by atoms with E-state index >= 15 is 0 Å². The van der Waals surface area contributed by atoms with E-state index in [1.165, 1.54) is 5.56 Å². The first-order valence-corrected chi connectivity index (χ1v) is 8.48. The molecule has 0 bridgehead atoms. The molecule has 26 heavy (non-hydrogen) atoms. The Kier molecular flexibility index (Phi) is 4.61. The zero-order valence-electron chi connectivity index (χ0n) is 14.5. The summed E-state index contributed by atoms with van der Waals surface area (Å²) in [6, 6.07) is 14.1. The monoisotopic (exact) mass is 348 g/mol. The number of methoxy groups -OCH3 is 1. The standard InChI is InChI=1S/C19H20N6O/c1-26-10-9-20-18-7-8-19-21-12-17(25(19)23-18)16-11-22-24(14-16)13-15-5-3-2-4-6-15/h2-8,11-12,14H,9-10,13H2,1H3,(H,20,23). The predicted octanol–water partition coefficient (Wildman–Crippen LogP) is 2.70. The molecule has 0 aliphatic heterocycles. The fraction of sp³-hybridized carbons (Fsp3) is 0.211. The molecule has 1 N–H and O–H groups in total. The van der Waals surface area contributed by atoms with Crippen LogP contribution >= 0.6 is 0 Å². The summed E-state index contributed by atoms with van der Waals surface area (Å²) in [5, 5.41) is 12.3. The molecule has 4 aromatic rings. The minimum atomic E-state index is 0.628. The average molecular weight is 348 g/mol. The van der Waals surface area contributed by atoms with Gasteiger partial charge in [-0.05, 0) is 17.7 Å². The van der Waals surface area contributed by atoms with Crippen molar-refractivity contribution in [2.45, 2.75) is 6.54 Å². The van der Waals surface area contributed by atoms with Gasteiger partial charge in [0.25, 0.3) is 0 Å². The topological polar surface area (TPSA) is 69.3 Å². The molecule has 0 saturated carbocycles. The number of anilines is 1. The lowest BCUT2D eigenvalue weighted by Gasteiger charge is -2.06. The molecule has 7 heteroatoms. The van der Waals surface area contributed by atoms with Crippen LogP contribution in [0.3, 0.4) is 0 Å². The van der Waals surface area contributed by atoms with E-state index in [0.717, 1.165) is 29.3 Å². The molecule has 7 nitrogen and oxygen atoms in total. The van der Waals surface area contributed by atoms with Crippen molar-refractivity contribution in [2.24, 2.45) is 0 Å². The second kappa shape index (κ2) is 7.37.